The molecule has 0 unspecified atom stereocenters. The van der Waals surface area contributed by atoms with E-state index in [2.05, 4.69) is 9.72 Å². The molecule has 0 aliphatic heterocycles. The summed E-state index contributed by atoms with van der Waals surface area (Å²) in [5.74, 6) is -0.543. The molecular formula is C14H12F3NO2S. The number of carbonyl (C=O) groups is 1. The minimum Gasteiger partial charge on any atom is -0.464 e. The van der Waals surface area contributed by atoms with Crippen LogP contribution in [0.25, 0.3) is 0 Å². The molecule has 0 saturated carbocycles. The SMILES string of the molecule is COC(=O)c1nc(Cc2cccc(C(F)(F)F)c2)sc1C. The van der Waals surface area contributed by atoms with Crippen molar-refractivity contribution >= 4 is 17.3 Å². The molecule has 0 fully saturated rings. The van der Waals surface area contributed by atoms with Gasteiger partial charge in [0.05, 0.1) is 17.7 Å². The van der Waals surface area contributed by atoms with Crippen molar-refractivity contribution in [3.63, 3.8) is 0 Å². The van der Waals surface area contributed by atoms with Crippen molar-refractivity contribution in [3.8, 4) is 0 Å². The highest BCUT2D eigenvalue weighted by Gasteiger charge is 2.30. The number of rotatable bonds is 3. The van der Waals surface area contributed by atoms with E-state index in [9.17, 15) is 18.0 Å². The number of benzene rings is 1. The molecule has 0 saturated heterocycles. The van der Waals surface area contributed by atoms with Gasteiger partial charge in [-0.15, -0.1) is 11.3 Å². The Morgan fingerprint density at radius 1 is 1.38 bits per heavy atom. The van der Waals surface area contributed by atoms with Crippen molar-refractivity contribution in [1.29, 1.82) is 0 Å². The normalized spacial score (nSPS) is 11.5. The summed E-state index contributed by atoms with van der Waals surface area (Å²) in [5, 5.41) is 0.576. The standard InChI is InChI=1S/C14H12F3NO2S/c1-8-12(13(19)20-2)18-11(21-8)7-9-4-3-5-10(6-9)14(15,16)17/h3-6H,7H2,1-2H3. The zero-order chi connectivity index (χ0) is 15.6. The molecule has 0 N–H and O–H groups in total. The number of alkyl halides is 3. The average molecular weight is 315 g/mol. The Bertz CT molecular complexity index is 664. The lowest BCUT2D eigenvalue weighted by Crippen LogP contribution is -2.05. The van der Waals surface area contributed by atoms with Crippen molar-refractivity contribution in [1.82, 2.24) is 4.98 Å². The summed E-state index contributed by atoms with van der Waals surface area (Å²) in [5.41, 5.74) is 0.0148. The zero-order valence-corrected chi connectivity index (χ0v) is 12.1. The van der Waals surface area contributed by atoms with Gasteiger partial charge in [-0.05, 0) is 18.6 Å². The predicted molar refractivity (Wildman–Crippen MR) is 72.4 cm³/mol. The number of aryl methyl sites for hydroxylation is 1. The van der Waals surface area contributed by atoms with Gasteiger partial charge in [-0.2, -0.15) is 13.2 Å². The summed E-state index contributed by atoms with van der Waals surface area (Å²) in [6.45, 7) is 1.72. The first kappa shape index (κ1) is 15.5. The molecule has 21 heavy (non-hydrogen) atoms. The van der Waals surface area contributed by atoms with E-state index in [0.717, 1.165) is 12.1 Å². The quantitative estimate of drug-likeness (QED) is 0.808. The molecule has 7 heteroatoms. The average Bonchev–Trinajstić information content (AvgIpc) is 2.78. The van der Waals surface area contributed by atoms with Crippen LogP contribution >= 0.6 is 11.3 Å². The van der Waals surface area contributed by atoms with Gasteiger partial charge in [0.25, 0.3) is 0 Å². The Morgan fingerprint density at radius 3 is 2.71 bits per heavy atom. The number of hydrogen-bond donors (Lipinski definition) is 0. The third kappa shape index (κ3) is 3.60. The summed E-state index contributed by atoms with van der Waals surface area (Å²) >= 11 is 1.27. The van der Waals surface area contributed by atoms with Crippen LogP contribution in [0.5, 0.6) is 0 Å². The van der Waals surface area contributed by atoms with Crippen LogP contribution in [0.2, 0.25) is 0 Å². The number of carbonyl (C=O) groups excluding carboxylic acids is 1. The molecule has 0 atom stereocenters. The van der Waals surface area contributed by atoms with Gasteiger partial charge in [0.1, 0.15) is 0 Å². The molecule has 0 radical (unpaired) electrons. The molecule has 2 aromatic rings. The van der Waals surface area contributed by atoms with Gasteiger partial charge >= 0.3 is 12.1 Å². The Labute approximate surface area is 123 Å². The van der Waals surface area contributed by atoms with Crippen LogP contribution < -0.4 is 0 Å². The molecule has 0 aliphatic rings. The third-order valence-electron chi connectivity index (χ3n) is 2.83. The molecular weight excluding hydrogens is 303 g/mol. The number of halogens is 3. The van der Waals surface area contributed by atoms with Crippen LogP contribution in [-0.4, -0.2) is 18.1 Å². The topological polar surface area (TPSA) is 39.2 Å². The van der Waals surface area contributed by atoms with E-state index >= 15 is 0 Å². The lowest BCUT2D eigenvalue weighted by molar-refractivity contribution is -0.137. The van der Waals surface area contributed by atoms with Crippen LogP contribution in [0.15, 0.2) is 24.3 Å². The van der Waals surface area contributed by atoms with Crippen molar-refractivity contribution < 1.29 is 22.7 Å². The monoisotopic (exact) mass is 315 g/mol. The molecule has 0 aliphatic carbocycles. The van der Waals surface area contributed by atoms with E-state index in [0.29, 0.717) is 15.4 Å². The fourth-order valence-corrected chi connectivity index (χ4v) is 2.80. The van der Waals surface area contributed by atoms with E-state index in [1.807, 2.05) is 0 Å². The maximum absolute atomic E-state index is 12.7. The number of thiazole rings is 1. The molecule has 0 spiro atoms. The zero-order valence-electron chi connectivity index (χ0n) is 11.3. The van der Waals surface area contributed by atoms with Gasteiger partial charge in [0.15, 0.2) is 5.69 Å². The minimum atomic E-state index is -4.37. The second kappa shape index (κ2) is 5.85. The Hall–Kier alpha value is -1.89. The maximum Gasteiger partial charge on any atom is 0.416 e. The van der Waals surface area contributed by atoms with E-state index < -0.39 is 17.7 Å². The number of esters is 1. The number of methoxy groups -OCH3 is 1. The first-order valence-corrected chi connectivity index (χ1v) is 6.83. The van der Waals surface area contributed by atoms with Crippen molar-refractivity contribution in [2.45, 2.75) is 19.5 Å². The van der Waals surface area contributed by atoms with E-state index in [4.69, 9.17) is 0 Å². The van der Waals surface area contributed by atoms with Crippen LogP contribution in [0.4, 0.5) is 13.2 Å². The van der Waals surface area contributed by atoms with Crippen LogP contribution in [0.3, 0.4) is 0 Å². The maximum atomic E-state index is 12.7. The van der Waals surface area contributed by atoms with E-state index in [1.54, 1.807) is 13.0 Å². The minimum absolute atomic E-state index is 0.212. The lowest BCUT2D eigenvalue weighted by atomic mass is 10.1. The highest BCUT2D eigenvalue weighted by atomic mass is 32.1. The van der Waals surface area contributed by atoms with Crippen LogP contribution in [0, 0.1) is 6.92 Å². The second-order valence-corrected chi connectivity index (χ2v) is 5.67. The van der Waals surface area contributed by atoms with Gasteiger partial charge in [-0.25, -0.2) is 9.78 Å². The van der Waals surface area contributed by atoms with E-state index in [-0.39, 0.29) is 12.1 Å². The summed E-state index contributed by atoms with van der Waals surface area (Å²) in [4.78, 5) is 16.3. The van der Waals surface area contributed by atoms with Gasteiger partial charge in [0, 0.05) is 11.3 Å². The summed E-state index contributed by atoms with van der Waals surface area (Å²) in [7, 11) is 1.26. The Morgan fingerprint density at radius 2 is 2.10 bits per heavy atom. The third-order valence-corrected chi connectivity index (χ3v) is 3.80. The first-order chi connectivity index (χ1) is 9.81. The van der Waals surface area contributed by atoms with Crippen molar-refractivity contribution in [2.75, 3.05) is 7.11 Å². The highest BCUT2D eigenvalue weighted by Crippen LogP contribution is 2.30. The van der Waals surface area contributed by atoms with Crippen molar-refractivity contribution in [2.24, 2.45) is 0 Å². The number of ether oxygens (including phenoxy) is 1. The molecule has 1 aromatic carbocycles. The summed E-state index contributed by atoms with van der Waals surface area (Å²) in [6.07, 6.45) is -4.13. The fourth-order valence-electron chi connectivity index (χ4n) is 1.85. The number of nitrogens with zero attached hydrogens (tertiary/aromatic N) is 1. The lowest BCUT2D eigenvalue weighted by Gasteiger charge is -2.07. The highest BCUT2D eigenvalue weighted by molar-refractivity contribution is 7.11. The molecule has 1 heterocycles. The van der Waals surface area contributed by atoms with Crippen molar-refractivity contribution in [3.05, 3.63) is 51.0 Å². The summed E-state index contributed by atoms with van der Waals surface area (Å²) in [6, 6.07) is 5.08. The predicted octanol–water partition coefficient (Wildman–Crippen LogP) is 3.85. The first-order valence-electron chi connectivity index (χ1n) is 6.02. The molecule has 112 valence electrons. The molecule has 0 amide bonds. The van der Waals surface area contributed by atoms with E-state index in [1.165, 1.54) is 24.5 Å². The number of hydrogen-bond acceptors (Lipinski definition) is 4. The van der Waals surface area contributed by atoms with Gasteiger partial charge in [0.2, 0.25) is 0 Å². The summed E-state index contributed by atoms with van der Waals surface area (Å²) < 4.78 is 42.6. The Balaban J connectivity index is 2.25. The smallest absolute Gasteiger partial charge is 0.416 e. The molecule has 1 aromatic heterocycles. The van der Waals surface area contributed by atoms with Crippen LogP contribution in [-0.2, 0) is 17.3 Å². The van der Waals surface area contributed by atoms with Gasteiger partial charge in [-0.1, -0.05) is 18.2 Å². The fraction of sp³-hybridized carbons (Fsp3) is 0.286. The van der Waals surface area contributed by atoms with Crippen LogP contribution in [0.1, 0.15) is 31.5 Å². The largest absolute Gasteiger partial charge is 0.464 e. The number of aromatic nitrogens is 1. The van der Waals surface area contributed by atoms with Gasteiger partial charge < -0.3 is 4.74 Å². The second-order valence-electron chi connectivity index (χ2n) is 4.38. The molecule has 3 nitrogen and oxygen atoms in total. The Kier molecular flexibility index (Phi) is 4.32. The molecule has 0 bridgehead atoms. The van der Waals surface area contributed by atoms with Gasteiger partial charge in [-0.3, -0.25) is 0 Å². The molecule has 2 rings (SSSR count).